The van der Waals surface area contributed by atoms with Crippen LogP contribution < -0.4 is 0 Å². The van der Waals surface area contributed by atoms with E-state index < -0.39 is 4.92 Å². The highest BCUT2D eigenvalue weighted by atomic mass is 35.5. The molecule has 2 aromatic heterocycles. The van der Waals surface area contributed by atoms with E-state index in [9.17, 15) is 10.1 Å². The molecule has 0 N–H and O–H groups in total. The molecule has 0 aliphatic rings. The smallest absolute Gasteiger partial charge is 0.258 e. The lowest BCUT2D eigenvalue weighted by Crippen LogP contribution is -1.91. The van der Waals surface area contributed by atoms with Crippen molar-refractivity contribution in [1.82, 2.24) is 19.8 Å². The van der Waals surface area contributed by atoms with Crippen LogP contribution in [0.25, 0.3) is 26.9 Å². The van der Waals surface area contributed by atoms with Crippen molar-refractivity contribution in [2.45, 2.75) is 0 Å². The number of nitro benzene ring substituents is 1. The predicted molar refractivity (Wildman–Crippen MR) is 91.2 cm³/mol. The lowest BCUT2D eigenvalue weighted by Gasteiger charge is -1.98. The molecule has 118 valence electrons. The molecule has 0 amide bonds. The maximum atomic E-state index is 10.7. The Morgan fingerprint density at radius 1 is 1.08 bits per heavy atom. The number of hydrogen-bond donors (Lipinski definition) is 0. The molecule has 0 saturated heterocycles. The zero-order chi connectivity index (χ0) is 16.7. The van der Waals surface area contributed by atoms with Crippen LogP contribution in [0.4, 0.5) is 5.69 Å². The minimum Gasteiger partial charge on any atom is -0.258 e. The molecule has 0 unspecified atom stereocenters. The van der Waals surface area contributed by atoms with Crippen molar-refractivity contribution in [2.24, 2.45) is 0 Å². The van der Waals surface area contributed by atoms with Crippen LogP contribution in [-0.2, 0) is 0 Å². The molecule has 0 fully saturated rings. The maximum absolute atomic E-state index is 10.7. The molecule has 4 aromatic rings. The van der Waals surface area contributed by atoms with E-state index in [2.05, 4.69) is 15.3 Å². The summed E-state index contributed by atoms with van der Waals surface area (Å²) in [5.41, 5.74) is 1.64. The average Bonchev–Trinajstić information content (AvgIpc) is 3.15. The van der Waals surface area contributed by atoms with Gasteiger partial charge in [-0.05, 0) is 24.3 Å². The number of nitrogens with zero attached hydrogens (tertiary/aromatic N) is 5. The van der Waals surface area contributed by atoms with Crippen LogP contribution >= 0.6 is 22.9 Å². The Balaban J connectivity index is 1.78. The van der Waals surface area contributed by atoms with E-state index in [-0.39, 0.29) is 5.69 Å². The first kappa shape index (κ1) is 14.7. The molecule has 2 aromatic carbocycles. The molecule has 24 heavy (non-hydrogen) atoms. The van der Waals surface area contributed by atoms with Gasteiger partial charge in [-0.25, -0.2) is 0 Å². The van der Waals surface area contributed by atoms with E-state index in [1.165, 1.54) is 23.5 Å². The number of halogens is 1. The Labute approximate surface area is 144 Å². The van der Waals surface area contributed by atoms with Crippen LogP contribution in [0.5, 0.6) is 0 Å². The van der Waals surface area contributed by atoms with Gasteiger partial charge in [0, 0.05) is 28.3 Å². The average molecular weight is 358 g/mol. The Kier molecular flexibility index (Phi) is 3.47. The molecule has 0 aliphatic heterocycles. The summed E-state index contributed by atoms with van der Waals surface area (Å²) >= 11 is 7.38. The van der Waals surface area contributed by atoms with Crippen molar-refractivity contribution < 1.29 is 4.92 Å². The molecule has 0 aliphatic carbocycles. The van der Waals surface area contributed by atoms with Gasteiger partial charge in [0.25, 0.3) is 5.69 Å². The fourth-order valence-electron chi connectivity index (χ4n) is 2.27. The zero-order valence-corrected chi connectivity index (χ0v) is 13.5. The van der Waals surface area contributed by atoms with Gasteiger partial charge in [0.05, 0.1) is 4.92 Å². The zero-order valence-electron chi connectivity index (χ0n) is 12.0. The normalized spacial score (nSPS) is 11.0. The number of aromatic nitrogens is 4. The van der Waals surface area contributed by atoms with Crippen molar-refractivity contribution in [2.75, 3.05) is 0 Å². The summed E-state index contributed by atoms with van der Waals surface area (Å²) in [6.45, 7) is 0. The molecule has 0 saturated carbocycles. The standard InChI is InChI=1S/C15H8ClN5O2S/c16-11-3-1-2-10(8-11)13-17-18-15-20(13)19-14(24-15)9-4-6-12(7-5-9)21(22)23/h1-8H. The van der Waals surface area contributed by atoms with Crippen molar-refractivity contribution in [3.63, 3.8) is 0 Å². The molecule has 7 nitrogen and oxygen atoms in total. The third-order valence-electron chi connectivity index (χ3n) is 3.40. The van der Waals surface area contributed by atoms with E-state index in [0.29, 0.717) is 20.8 Å². The van der Waals surface area contributed by atoms with Crippen molar-refractivity contribution in [3.8, 4) is 22.0 Å². The summed E-state index contributed by atoms with van der Waals surface area (Å²) in [5.74, 6) is 0.594. The van der Waals surface area contributed by atoms with Crippen LogP contribution in [0.15, 0.2) is 48.5 Å². The number of benzene rings is 2. The molecule has 0 bridgehead atoms. The van der Waals surface area contributed by atoms with Gasteiger partial charge in [0.1, 0.15) is 5.01 Å². The van der Waals surface area contributed by atoms with E-state index in [0.717, 1.165) is 11.1 Å². The largest absolute Gasteiger partial charge is 0.269 e. The Hall–Kier alpha value is -2.84. The van der Waals surface area contributed by atoms with Crippen LogP contribution in [0, 0.1) is 10.1 Å². The predicted octanol–water partition coefficient (Wildman–Crippen LogP) is 4.08. The van der Waals surface area contributed by atoms with Gasteiger partial charge >= 0.3 is 0 Å². The highest BCUT2D eigenvalue weighted by Gasteiger charge is 2.15. The molecule has 0 atom stereocenters. The number of rotatable bonds is 3. The van der Waals surface area contributed by atoms with Gasteiger partial charge in [0.2, 0.25) is 4.96 Å². The molecule has 0 spiro atoms. The molecule has 2 heterocycles. The van der Waals surface area contributed by atoms with Crippen LogP contribution in [0.2, 0.25) is 5.02 Å². The van der Waals surface area contributed by atoms with Gasteiger partial charge in [-0.3, -0.25) is 10.1 Å². The molecular formula is C15H8ClN5O2S. The molecule has 0 radical (unpaired) electrons. The summed E-state index contributed by atoms with van der Waals surface area (Å²) in [6, 6.07) is 13.5. The topological polar surface area (TPSA) is 86.2 Å². The van der Waals surface area contributed by atoms with Gasteiger partial charge in [-0.2, -0.15) is 9.61 Å². The van der Waals surface area contributed by atoms with Crippen molar-refractivity contribution in [3.05, 3.63) is 63.7 Å². The fourth-order valence-corrected chi connectivity index (χ4v) is 3.30. The highest BCUT2D eigenvalue weighted by Crippen LogP contribution is 2.29. The number of hydrogen-bond acceptors (Lipinski definition) is 6. The lowest BCUT2D eigenvalue weighted by molar-refractivity contribution is -0.384. The summed E-state index contributed by atoms with van der Waals surface area (Å²) in [5, 5.41) is 24.9. The maximum Gasteiger partial charge on any atom is 0.269 e. The van der Waals surface area contributed by atoms with E-state index in [4.69, 9.17) is 11.6 Å². The number of nitro groups is 1. The second-order valence-corrected chi connectivity index (χ2v) is 6.33. The minimum atomic E-state index is -0.431. The van der Waals surface area contributed by atoms with Gasteiger partial charge in [-0.1, -0.05) is 35.1 Å². The van der Waals surface area contributed by atoms with Gasteiger partial charge in [-0.15, -0.1) is 10.2 Å². The second-order valence-electron chi connectivity index (χ2n) is 4.94. The molecule has 9 heteroatoms. The fraction of sp³-hybridized carbons (Fsp3) is 0. The first-order valence-corrected chi connectivity index (χ1v) is 8.04. The second kappa shape index (κ2) is 5.66. The van der Waals surface area contributed by atoms with E-state index in [1.807, 2.05) is 12.1 Å². The van der Waals surface area contributed by atoms with Crippen LogP contribution in [0.1, 0.15) is 0 Å². The first-order valence-electron chi connectivity index (χ1n) is 6.85. The Morgan fingerprint density at radius 3 is 2.58 bits per heavy atom. The molecular weight excluding hydrogens is 350 g/mol. The van der Waals surface area contributed by atoms with E-state index >= 15 is 0 Å². The third kappa shape index (κ3) is 2.51. The summed E-state index contributed by atoms with van der Waals surface area (Å²) in [7, 11) is 0. The van der Waals surface area contributed by atoms with Gasteiger partial charge < -0.3 is 0 Å². The Morgan fingerprint density at radius 2 is 1.88 bits per heavy atom. The Bertz CT molecular complexity index is 1060. The quantitative estimate of drug-likeness (QED) is 0.407. The molecule has 4 rings (SSSR count). The summed E-state index contributed by atoms with van der Waals surface area (Å²) in [6.07, 6.45) is 0. The first-order chi connectivity index (χ1) is 11.6. The highest BCUT2D eigenvalue weighted by molar-refractivity contribution is 7.19. The van der Waals surface area contributed by atoms with Crippen LogP contribution in [-0.4, -0.2) is 24.7 Å². The minimum absolute atomic E-state index is 0.0429. The third-order valence-corrected chi connectivity index (χ3v) is 4.58. The summed E-state index contributed by atoms with van der Waals surface area (Å²) < 4.78 is 1.65. The van der Waals surface area contributed by atoms with Crippen molar-refractivity contribution in [1.29, 1.82) is 0 Å². The van der Waals surface area contributed by atoms with Gasteiger partial charge in [0.15, 0.2) is 5.82 Å². The number of non-ortho nitro benzene ring substituents is 1. The van der Waals surface area contributed by atoms with Crippen molar-refractivity contribution >= 4 is 33.6 Å². The van der Waals surface area contributed by atoms with E-state index in [1.54, 1.807) is 28.8 Å². The number of fused-ring (bicyclic) bond motifs is 1. The monoisotopic (exact) mass is 357 g/mol. The van der Waals surface area contributed by atoms with Crippen LogP contribution in [0.3, 0.4) is 0 Å². The lowest BCUT2D eigenvalue weighted by atomic mass is 10.2. The SMILES string of the molecule is O=[N+]([O-])c1ccc(-c2nn3c(-c4cccc(Cl)c4)nnc3s2)cc1. The summed E-state index contributed by atoms with van der Waals surface area (Å²) in [4.78, 5) is 10.9.